The van der Waals surface area contributed by atoms with Crippen molar-refractivity contribution in [3.8, 4) is 0 Å². The average Bonchev–Trinajstić information content (AvgIpc) is 2.56. The molecule has 0 amide bonds. The van der Waals surface area contributed by atoms with Crippen LogP contribution in [-0.4, -0.2) is 21.9 Å². The first kappa shape index (κ1) is 9.45. The molecule has 0 unspecified atom stereocenters. The summed E-state index contributed by atoms with van der Waals surface area (Å²) in [5.41, 5.74) is 1.34. The maximum Gasteiger partial charge on any atom is 0.352 e. The second-order valence-corrected chi connectivity index (χ2v) is 3.30. The molecule has 0 fully saturated rings. The van der Waals surface area contributed by atoms with Crippen LogP contribution in [0.25, 0.3) is 10.9 Å². The van der Waals surface area contributed by atoms with Gasteiger partial charge >= 0.3 is 5.97 Å². The van der Waals surface area contributed by atoms with Gasteiger partial charge in [-0.3, -0.25) is 4.79 Å². The number of carboxylic acid groups (broad SMARTS) is 1. The van der Waals surface area contributed by atoms with Crippen molar-refractivity contribution >= 4 is 23.2 Å². The number of fused-ring (bicyclic) bond motifs is 1. The third-order valence-electron chi connectivity index (χ3n) is 2.43. The Morgan fingerprint density at radius 3 is 2.80 bits per heavy atom. The number of rotatable bonds is 2. The maximum atomic E-state index is 10.9. The van der Waals surface area contributed by atoms with E-state index in [2.05, 4.69) is 0 Å². The number of aromatic carboxylic acids is 1. The molecule has 15 heavy (non-hydrogen) atoms. The largest absolute Gasteiger partial charge is 0.477 e. The molecule has 4 heteroatoms. The molecular formula is C11H9NO3. The summed E-state index contributed by atoms with van der Waals surface area (Å²) in [6.45, 7) is 0. The Labute approximate surface area is 85.7 Å². The zero-order valence-electron chi connectivity index (χ0n) is 8.10. The smallest absolute Gasteiger partial charge is 0.352 e. The van der Waals surface area contributed by atoms with E-state index in [9.17, 15) is 9.59 Å². The Hall–Kier alpha value is -2.10. The molecule has 76 valence electrons. The molecule has 1 heterocycles. The Kier molecular flexibility index (Phi) is 2.04. The van der Waals surface area contributed by atoms with Gasteiger partial charge in [-0.05, 0) is 12.1 Å². The van der Waals surface area contributed by atoms with E-state index in [4.69, 9.17) is 5.11 Å². The van der Waals surface area contributed by atoms with Gasteiger partial charge < -0.3 is 9.67 Å². The van der Waals surface area contributed by atoms with Gasteiger partial charge in [-0.15, -0.1) is 0 Å². The predicted octanol–water partition coefficient (Wildman–Crippen LogP) is 1.69. The number of benzene rings is 1. The normalized spacial score (nSPS) is 10.5. The summed E-state index contributed by atoms with van der Waals surface area (Å²) in [7, 11) is 1.64. The third-order valence-corrected chi connectivity index (χ3v) is 2.43. The van der Waals surface area contributed by atoms with E-state index in [1.54, 1.807) is 31.3 Å². The Morgan fingerprint density at radius 1 is 1.47 bits per heavy atom. The van der Waals surface area contributed by atoms with Crippen LogP contribution in [0, 0.1) is 0 Å². The number of aromatic nitrogens is 1. The van der Waals surface area contributed by atoms with Gasteiger partial charge in [0.05, 0.1) is 5.52 Å². The molecule has 0 saturated heterocycles. The molecule has 1 N–H and O–H groups in total. The number of carbonyl (C=O) groups is 2. The van der Waals surface area contributed by atoms with Gasteiger partial charge in [-0.25, -0.2) is 4.79 Å². The zero-order chi connectivity index (χ0) is 11.0. The number of hydrogen-bond donors (Lipinski definition) is 1. The molecule has 0 atom stereocenters. The van der Waals surface area contributed by atoms with Crippen LogP contribution in [0.4, 0.5) is 0 Å². The van der Waals surface area contributed by atoms with Gasteiger partial charge in [0.1, 0.15) is 5.69 Å². The summed E-state index contributed by atoms with van der Waals surface area (Å²) in [4.78, 5) is 21.7. The summed E-state index contributed by atoms with van der Waals surface area (Å²) < 4.78 is 1.52. The maximum absolute atomic E-state index is 10.9. The van der Waals surface area contributed by atoms with Crippen molar-refractivity contribution in [2.75, 3.05) is 0 Å². The minimum atomic E-state index is -0.995. The summed E-state index contributed by atoms with van der Waals surface area (Å²) in [6, 6.07) is 6.75. The lowest BCUT2D eigenvalue weighted by Gasteiger charge is -2.01. The highest BCUT2D eigenvalue weighted by Crippen LogP contribution is 2.21. The molecule has 0 spiro atoms. The summed E-state index contributed by atoms with van der Waals surface area (Å²) in [6.07, 6.45) is 0.730. The quantitative estimate of drug-likeness (QED) is 0.755. The fourth-order valence-corrected chi connectivity index (χ4v) is 1.75. The molecule has 1 aromatic carbocycles. The number of aldehydes is 1. The Morgan fingerprint density at radius 2 is 2.20 bits per heavy atom. The summed E-state index contributed by atoms with van der Waals surface area (Å²) in [5, 5.41) is 9.68. The number of aryl methyl sites for hydroxylation is 1. The van der Waals surface area contributed by atoms with Crippen LogP contribution in [0.2, 0.25) is 0 Å². The van der Waals surface area contributed by atoms with Crippen molar-refractivity contribution in [1.29, 1.82) is 0 Å². The first-order chi connectivity index (χ1) is 7.15. The Balaban J connectivity index is 2.88. The fraction of sp³-hybridized carbons (Fsp3) is 0.0909. The van der Waals surface area contributed by atoms with E-state index in [-0.39, 0.29) is 5.69 Å². The number of carboxylic acids is 1. The molecular weight excluding hydrogens is 194 g/mol. The van der Waals surface area contributed by atoms with Crippen molar-refractivity contribution in [3.63, 3.8) is 0 Å². The second-order valence-electron chi connectivity index (χ2n) is 3.30. The van der Waals surface area contributed by atoms with Crippen LogP contribution >= 0.6 is 0 Å². The van der Waals surface area contributed by atoms with Crippen molar-refractivity contribution in [3.05, 3.63) is 35.5 Å². The molecule has 0 radical (unpaired) electrons. The fourth-order valence-electron chi connectivity index (χ4n) is 1.75. The van der Waals surface area contributed by atoms with Gasteiger partial charge in [0.2, 0.25) is 0 Å². The molecule has 2 rings (SSSR count). The van der Waals surface area contributed by atoms with E-state index in [0.29, 0.717) is 11.1 Å². The first-order valence-electron chi connectivity index (χ1n) is 4.42. The number of nitrogens with zero attached hydrogens (tertiary/aromatic N) is 1. The van der Waals surface area contributed by atoms with Crippen LogP contribution in [-0.2, 0) is 7.05 Å². The molecule has 1 aromatic heterocycles. The lowest BCUT2D eigenvalue weighted by atomic mass is 10.1. The van der Waals surface area contributed by atoms with Crippen molar-refractivity contribution < 1.29 is 14.7 Å². The minimum Gasteiger partial charge on any atom is -0.477 e. The second kappa shape index (κ2) is 3.24. The van der Waals surface area contributed by atoms with Crippen molar-refractivity contribution in [1.82, 2.24) is 4.57 Å². The van der Waals surface area contributed by atoms with E-state index in [1.807, 2.05) is 0 Å². The van der Waals surface area contributed by atoms with Gasteiger partial charge in [0.25, 0.3) is 0 Å². The summed E-state index contributed by atoms with van der Waals surface area (Å²) in [5.74, 6) is -0.995. The predicted molar refractivity (Wildman–Crippen MR) is 55.3 cm³/mol. The van der Waals surface area contributed by atoms with Crippen molar-refractivity contribution in [2.45, 2.75) is 0 Å². The number of carbonyl (C=O) groups excluding carboxylic acids is 1. The molecule has 0 bridgehead atoms. The monoisotopic (exact) mass is 203 g/mol. The van der Waals surface area contributed by atoms with Crippen LogP contribution < -0.4 is 0 Å². The minimum absolute atomic E-state index is 0.180. The van der Waals surface area contributed by atoms with Crippen LogP contribution in [0.3, 0.4) is 0 Å². The Bertz CT molecular complexity index is 554. The van der Waals surface area contributed by atoms with E-state index >= 15 is 0 Å². The molecule has 2 aromatic rings. The lowest BCUT2D eigenvalue weighted by Crippen LogP contribution is -2.04. The topological polar surface area (TPSA) is 59.3 Å². The lowest BCUT2D eigenvalue weighted by molar-refractivity contribution is 0.0687. The molecule has 0 aliphatic rings. The van der Waals surface area contributed by atoms with E-state index < -0.39 is 5.97 Å². The van der Waals surface area contributed by atoms with E-state index in [0.717, 1.165) is 11.7 Å². The standard InChI is InChI=1S/C11H9NO3/c1-12-9(11(14)15)5-7-3-2-4-8(6-13)10(7)12/h2-6H,1H3,(H,14,15). The number of para-hydroxylation sites is 1. The first-order valence-corrected chi connectivity index (χ1v) is 4.42. The van der Waals surface area contributed by atoms with Gasteiger partial charge in [0, 0.05) is 18.0 Å². The van der Waals surface area contributed by atoms with Gasteiger partial charge in [-0.2, -0.15) is 0 Å². The molecule has 0 aliphatic heterocycles. The third kappa shape index (κ3) is 1.30. The van der Waals surface area contributed by atoms with Crippen LogP contribution in [0.5, 0.6) is 0 Å². The van der Waals surface area contributed by atoms with Crippen molar-refractivity contribution in [2.24, 2.45) is 7.05 Å². The molecule has 4 nitrogen and oxygen atoms in total. The highest BCUT2D eigenvalue weighted by molar-refractivity contribution is 6.01. The zero-order valence-corrected chi connectivity index (χ0v) is 8.10. The van der Waals surface area contributed by atoms with E-state index in [1.165, 1.54) is 4.57 Å². The average molecular weight is 203 g/mol. The van der Waals surface area contributed by atoms with Crippen LogP contribution in [0.15, 0.2) is 24.3 Å². The highest BCUT2D eigenvalue weighted by Gasteiger charge is 2.13. The van der Waals surface area contributed by atoms with Gasteiger partial charge in [0.15, 0.2) is 6.29 Å². The molecule has 0 saturated carbocycles. The number of hydrogen-bond acceptors (Lipinski definition) is 2. The van der Waals surface area contributed by atoms with Crippen LogP contribution in [0.1, 0.15) is 20.8 Å². The molecule has 0 aliphatic carbocycles. The SMILES string of the molecule is Cn1c(C(=O)O)cc2cccc(C=O)c21. The summed E-state index contributed by atoms with van der Waals surface area (Å²) >= 11 is 0. The highest BCUT2D eigenvalue weighted by atomic mass is 16.4. The van der Waals surface area contributed by atoms with Gasteiger partial charge in [-0.1, -0.05) is 12.1 Å².